The average molecular weight is 224 g/mol. The third-order valence-electron chi connectivity index (χ3n) is 2.35. The maximum Gasteiger partial charge on any atom is 0.125 e. The minimum Gasteiger partial charge on any atom is -0.489 e. The molecule has 2 aromatic rings. The number of carbonyl (C=O) groups excluding carboxylic acids is 1. The van der Waals surface area contributed by atoms with Crippen LogP contribution in [0.1, 0.15) is 11.1 Å². The van der Waals surface area contributed by atoms with E-state index in [0.717, 1.165) is 16.9 Å². The predicted molar refractivity (Wildman–Crippen MR) is 67.4 cm³/mol. The van der Waals surface area contributed by atoms with E-state index in [1.54, 1.807) is 5.94 Å². The van der Waals surface area contributed by atoms with Crippen molar-refractivity contribution >= 4 is 12.0 Å². The Labute approximate surface area is 100 Å². The van der Waals surface area contributed by atoms with Crippen LogP contribution in [0.4, 0.5) is 0 Å². The summed E-state index contributed by atoms with van der Waals surface area (Å²) in [5.41, 5.74) is 1.96. The van der Waals surface area contributed by atoms with Gasteiger partial charge in [0.25, 0.3) is 0 Å². The van der Waals surface area contributed by atoms with E-state index in [4.69, 9.17) is 4.74 Å². The topological polar surface area (TPSA) is 26.3 Å². The summed E-state index contributed by atoms with van der Waals surface area (Å²) in [5, 5.41) is 0. The summed E-state index contributed by atoms with van der Waals surface area (Å²) < 4.78 is 5.61. The summed E-state index contributed by atoms with van der Waals surface area (Å²) in [6.45, 7) is 0.545. The molecule has 17 heavy (non-hydrogen) atoms. The van der Waals surface area contributed by atoms with Crippen molar-refractivity contribution in [2.24, 2.45) is 0 Å². The molecule has 2 nitrogen and oxygen atoms in total. The van der Waals surface area contributed by atoms with Crippen molar-refractivity contribution in [3.63, 3.8) is 0 Å². The van der Waals surface area contributed by atoms with Gasteiger partial charge >= 0.3 is 0 Å². The van der Waals surface area contributed by atoms with Gasteiger partial charge in [-0.3, -0.25) is 0 Å². The fourth-order valence-electron chi connectivity index (χ4n) is 1.47. The molecule has 0 fully saturated rings. The first-order chi connectivity index (χ1) is 8.38. The zero-order valence-electron chi connectivity index (χ0n) is 9.30. The maximum absolute atomic E-state index is 10.2. The summed E-state index contributed by atoms with van der Waals surface area (Å²) in [6, 6.07) is 17.3. The maximum atomic E-state index is 10.2. The molecule has 0 atom stereocenters. The Morgan fingerprint density at radius 2 is 1.71 bits per heavy atom. The van der Waals surface area contributed by atoms with Crippen LogP contribution in [-0.4, -0.2) is 5.94 Å². The third-order valence-corrected chi connectivity index (χ3v) is 2.35. The first-order valence-electron chi connectivity index (χ1n) is 5.36. The molecule has 0 bridgehead atoms. The zero-order chi connectivity index (χ0) is 11.9. The molecular weight excluding hydrogens is 212 g/mol. The van der Waals surface area contributed by atoms with E-state index in [9.17, 15) is 4.79 Å². The molecule has 2 aromatic carbocycles. The summed E-state index contributed by atoms with van der Waals surface area (Å²) in [4.78, 5) is 10.2. The van der Waals surface area contributed by atoms with Gasteiger partial charge in [-0.05, 0) is 23.3 Å². The van der Waals surface area contributed by atoms with E-state index in [2.05, 4.69) is 0 Å². The lowest BCUT2D eigenvalue weighted by molar-refractivity contribution is 0.306. The van der Waals surface area contributed by atoms with E-state index in [1.807, 2.05) is 54.6 Å². The van der Waals surface area contributed by atoms with Crippen LogP contribution >= 0.6 is 0 Å². The predicted octanol–water partition coefficient (Wildman–Crippen LogP) is 3.11. The second-order valence-corrected chi connectivity index (χ2v) is 3.61. The third kappa shape index (κ3) is 3.33. The molecule has 0 spiro atoms. The van der Waals surface area contributed by atoms with Gasteiger partial charge in [0.1, 0.15) is 18.3 Å². The molecule has 0 amide bonds. The zero-order valence-corrected chi connectivity index (χ0v) is 9.30. The van der Waals surface area contributed by atoms with Crippen molar-refractivity contribution in [3.8, 4) is 5.75 Å². The lowest BCUT2D eigenvalue weighted by Gasteiger charge is -2.06. The number of benzene rings is 2. The smallest absolute Gasteiger partial charge is 0.125 e. The van der Waals surface area contributed by atoms with Gasteiger partial charge in [-0.2, -0.15) is 0 Å². The molecule has 2 rings (SSSR count). The monoisotopic (exact) mass is 224 g/mol. The molecular formula is C15H12O2. The van der Waals surface area contributed by atoms with Gasteiger partial charge in [-0.25, -0.2) is 4.79 Å². The van der Waals surface area contributed by atoms with Crippen LogP contribution in [0.15, 0.2) is 54.6 Å². The normalized spacial score (nSPS) is 9.41. The van der Waals surface area contributed by atoms with E-state index >= 15 is 0 Å². The van der Waals surface area contributed by atoms with Crippen LogP contribution in [0.2, 0.25) is 0 Å². The minimum absolute atomic E-state index is 0.545. The van der Waals surface area contributed by atoms with Crippen molar-refractivity contribution in [2.45, 2.75) is 6.61 Å². The second-order valence-electron chi connectivity index (χ2n) is 3.61. The van der Waals surface area contributed by atoms with Crippen molar-refractivity contribution in [1.29, 1.82) is 0 Å². The Balaban J connectivity index is 1.98. The van der Waals surface area contributed by atoms with Gasteiger partial charge in [0.15, 0.2) is 0 Å². The van der Waals surface area contributed by atoms with Crippen LogP contribution in [0.3, 0.4) is 0 Å². The van der Waals surface area contributed by atoms with Gasteiger partial charge in [0, 0.05) is 6.08 Å². The summed E-state index contributed by atoms with van der Waals surface area (Å²) in [5.74, 6) is 2.53. The summed E-state index contributed by atoms with van der Waals surface area (Å²) >= 11 is 0. The molecule has 0 heterocycles. The minimum atomic E-state index is 0.545. The molecule has 0 N–H and O–H groups in total. The van der Waals surface area contributed by atoms with Crippen LogP contribution in [0.5, 0.6) is 5.75 Å². The van der Waals surface area contributed by atoms with E-state index in [0.29, 0.717) is 6.61 Å². The highest BCUT2D eigenvalue weighted by atomic mass is 16.5. The lowest BCUT2D eigenvalue weighted by Crippen LogP contribution is -1.94. The van der Waals surface area contributed by atoms with Crippen molar-refractivity contribution in [1.82, 2.24) is 0 Å². The van der Waals surface area contributed by atoms with Crippen LogP contribution in [0, 0.1) is 0 Å². The molecule has 0 saturated heterocycles. The number of rotatable bonds is 4. The van der Waals surface area contributed by atoms with E-state index in [-0.39, 0.29) is 0 Å². The highest BCUT2D eigenvalue weighted by Crippen LogP contribution is 2.14. The van der Waals surface area contributed by atoms with Crippen molar-refractivity contribution in [3.05, 3.63) is 65.7 Å². The standard InChI is InChI=1S/C15H12O2/c16-11-10-13-6-8-15(9-7-13)17-12-14-4-2-1-3-5-14/h1-10H,12H2. The van der Waals surface area contributed by atoms with Crippen molar-refractivity contribution < 1.29 is 9.53 Å². The Morgan fingerprint density at radius 1 is 1.00 bits per heavy atom. The van der Waals surface area contributed by atoms with Gasteiger partial charge < -0.3 is 4.74 Å². The number of hydrogen-bond acceptors (Lipinski definition) is 2. The molecule has 0 aromatic heterocycles. The molecule has 0 saturated carbocycles. The summed E-state index contributed by atoms with van der Waals surface area (Å²) in [6.07, 6.45) is 1.39. The Kier molecular flexibility index (Phi) is 3.74. The van der Waals surface area contributed by atoms with Crippen LogP contribution in [0.25, 0.3) is 6.08 Å². The Bertz CT molecular complexity index is 508. The SMILES string of the molecule is O=C=Cc1ccc(OCc2ccccc2)cc1. The molecule has 0 aliphatic heterocycles. The quantitative estimate of drug-likeness (QED) is 0.746. The van der Waals surface area contributed by atoms with Gasteiger partial charge in [0.2, 0.25) is 0 Å². The fourth-order valence-corrected chi connectivity index (χ4v) is 1.47. The fraction of sp³-hybridized carbons (Fsp3) is 0.0667. The van der Waals surface area contributed by atoms with Crippen LogP contribution < -0.4 is 4.74 Å². The van der Waals surface area contributed by atoms with Gasteiger partial charge in [0.05, 0.1) is 0 Å². The van der Waals surface area contributed by atoms with Crippen molar-refractivity contribution in [2.75, 3.05) is 0 Å². The molecule has 0 aliphatic rings. The molecule has 2 heteroatoms. The lowest BCUT2D eigenvalue weighted by atomic mass is 10.2. The first kappa shape index (κ1) is 11.2. The number of hydrogen-bond donors (Lipinski definition) is 0. The Hall–Kier alpha value is -2.31. The Morgan fingerprint density at radius 3 is 2.35 bits per heavy atom. The molecule has 0 radical (unpaired) electrons. The molecule has 84 valence electrons. The van der Waals surface area contributed by atoms with Crippen LogP contribution in [-0.2, 0) is 11.4 Å². The van der Waals surface area contributed by atoms with E-state index in [1.165, 1.54) is 6.08 Å². The van der Waals surface area contributed by atoms with E-state index < -0.39 is 0 Å². The highest BCUT2D eigenvalue weighted by Gasteiger charge is 1.95. The average Bonchev–Trinajstić information content (AvgIpc) is 2.40. The molecule has 0 unspecified atom stereocenters. The largest absolute Gasteiger partial charge is 0.489 e. The molecule has 0 aliphatic carbocycles. The number of ether oxygens (including phenoxy) is 1. The second kappa shape index (κ2) is 5.69. The van der Waals surface area contributed by atoms with Gasteiger partial charge in [-0.1, -0.05) is 42.5 Å². The first-order valence-corrected chi connectivity index (χ1v) is 5.36. The highest BCUT2D eigenvalue weighted by molar-refractivity contribution is 5.74. The summed E-state index contributed by atoms with van der Waals surface area (Å²) in [7, 11) is 0. The van der Waals surface area contributed by atoms with Gasteiger partial charge in [-0.15, -0.1) is 0 Å².